The topological polar surface area (TPSA) is 70.6 Å². The van der Waals surface area contributed by atoms with Crippen molar-refractivity contribution in [2.75, 3.05) is 5.32 Å². The van der Waals surface area contributed by atoms with Crippen LogP contribution in [0, 0.1) is 5.82 Å². The van der Waals surface area contributed by atoms with Crippen molar-refractivity contribution in [3.05, 3.63) is 99.3 Å². The van der Waals surface area contributed by atoms with Crippen LogP contribution in [0.2, 0.25) is 10.0 Å². The van der Waals surface area contributed by atoms with Gasteiger partial charge in [0.15, 0.2) is 0 Å². The van der Waals surface area contributed by atoms with Gasteiger partial charge in [0, 0.05) is 21.8 Å². The Bertz CT molecular complexity index is 1100. The summed E-state index contributed by atoms with van der Waals surface area (Å²) in [5.74, 6) is -1.74. The fourth-order valence-corrected chi connectivity index (χ4v) is 2.87. The minimum absolute atomic E-state index is 0.0909. The molecule has 0 spiro atoms. The van der Waals surface area contributed by atoms with Gasteiger partial charge in [-0.2, -0.15) is 5.10 Å². The fourth-order valence-electron chi connectivity index (χ4n) is 2.41. The van der Waals surface area contributed by atoms with Gasteiger partial charge in [0.05, 0.1) is 16.8 Å². The predicted molar refractivity (Wildman–Crippen MR) is 112 cm³/mol. The monoisotopic (exact) mass is 429 g/mol. The molecule has 0 aliphatic heterocycles. The predicted octanol–water partition coefficient (Wildman–Crippen LogP) is 5.15. The number of nitrogens with one attached hydrogen (secondary N) is 2. The molecular weight excluding hydrogens is 416 g/mol. The first-order chi connectivity index (χ1) is 13.9. The summed E-state index contributed by atoms with van der Waals surface area (Å²) in [6, 6.07) is 16.7. The number of nitrogens with zero attached hydrogens (tertiary/aromatic N) is 1. The molecule has 0 aliphatic carbocycles. The van der Waals surface area contributed by atoms with Crippen molar-refractivity contribution >= 4 is 46.9 Å². The van der Waals surface area contributed by atoms with Crippen molar-refractivity contribution in [1.82, 2.24) is 5.43 Å². The Balaban J connectivity index is 1.67. The second-order valence-electron chi connectivity index (χ2n) is 5.88. The Morgan fingerprint density at radius 3 is 2.48 bits per heavy atom. The number of hydrogen-bond donors (Lipinski definition) is 2. The molecule has 0 bridgehead atoms. The molecule has 2 N–H and O–H groups in total. The van der Waals surface area contributed by atoms with E-state index in [4.69, 9.17) is 23.2 Å². The minimum atomic E-state index is -0.630. The maximum atomic E-state index is 13.7. The molecule has 0 aliphatic rings. The largest absolute Gasteiger partial charge is 0.322 e. The van der Waals surface area contributed by atoms with E-state index in [9.17, 15) is 14.0 Å². The normalized spacial score (nSPS) is 10.7. The number of hydrogen-bond acceptors (Lipinski definition) is 3. The summed E-state index contributed by atoms with van der Waals surface area (Å²) < 4.78 is 13.7. The smallest absolute Gasteiger partial charge is 0.271 e. The molecule has 0 unspecified atom stereocenters. The van der Waals surface area contributed by atoms with Crippen LogP contribution in [-0.2, 0) is 0 Å². The van der Waals surface area contributed by atoms with Crippen LogP contribution in [0.1, 0.15) is 26.3 Å². The fraction of sp³-hybridized carbons (Fsp3) is 0. The molecule has 2 amide bonds. The molecule has 0 aromatic heterocycles. The van der Waals surface area contributed by atoms with E-state index in [1.807, 2.05) is 0 Å². The first-order valence-corrected chi connectivity index (χ1v) is 9.14. The maximum absolute atomic E-state index is 13.7. The molecule has 0 heterocycles. The lowest BCUT2D eigenvalue weighted by atomic mass is 10.1. The zero-order valence-corrected chi connectivity index (χ0v) is 16.3. The lowest BCUT2D eigenvalue weighted by Crippen LogP contribution is -2.18. The van der Waals surface area contributed by atoms with Crippen LogP contribution in [0.15, 0.2) is 71.8 Å². The molecule has 29 heavy (non-hydrogen) atoms. The third-order valence-corrected chi connectivity index (χ3v) is 4.40. The Labute approximate surface area is 176 Å². The van der Waals surface area contributed by atoms with Gasteiger partial charge in [-0.05, 0) is 42.5 Å². The first kappa shape index (κ1) is 20.5. The zero-order chi connectivity index (χ0) is 20.8. The number of hydrazone groups is 1. The molecule has 3 aromatic carbocycles. The van der Waals surface area contributed by atoms with Crippen LogP contribution < -0.4 is 10.7 Å². The van der Waals surface area contributed by atoms with Crippen molar-refractivity contribution < 1.29 is 14.0 Å². The average molecular weight is 430 g/mol. The van der Waals surface area contributed by atoms with Gasteiger partial charge in [0.1, 0.15) is 5.82 Å². The van der Waals surface area contributed by atoms with E-state index in [2.05, 4.69) is 15.8 Å². The number of anilines is 1. The Kier molecular flexibility index (Phi) is 6.59. The average Bonchev–Trinajstić information content (AvgIpc) is 2.70. The van der Waals surface area contributed by atoms with E-state index >= 15 is 0 Å². The van der Waals surface area contributed by atoms with Crippen molar-refractivity contribution in [3.8, 4) is 0 Å². The summed E-state index contributed by atoms with van der Waals surface area (Å²) in [6.07, 6.45) is 1.39. The van der Waals surface area contributed by atoms with Gasteiger partial charge in [-0.1, -0.05) is 47.5 Å². The summed E-state index contributed by atoms with van der Waals surface area (Å²) in [4.78, 5) is 24.5. The summed E-state index contributed by atoms with van der Waals surface area (Å²) >= 11 is 11.9. The molecule has 0 radical (unpaired) electrons. The number of carbonyl (C=O) groups is 2. The van der Waals surface area contributed by atoms with E-state index in [-0.39, 0.29) is 11.1 Å². The number of benzene rings is 3. The lowest BCUT2D eigenvalue weighted by Gasteiger charge is -2.07. The van der Waals surface area contributed by atoms with Crippen molar-refractivity contribution in [2.24, 2.45) is 5.10 Å². The second-order valence-corrected chi connectivity index (χ2v) is 6.72. The summed E-state index contributed by atoms with van der Waals surface area (Å²) in [5, 5.41) is 7.32. The number of amides is 2. The van der Waals surface area contributed by atoms with Crippen LogP contribution in [-0.4, -0.2) is 18.0 Å². The highest BCUT2D eigenvalue weighted by atomic mass is 35.5. The highest BCUT2D eigenvalue weighted by Crippen LogP contribution is 2.19. The number of halogens is 3. The van der Waals surface area contributed by atoms with Gasteiger partial charge < -0.3 is 5.32 Å². The van der Waals surface area contributed by atoms with Gasteiger partial charge in [-0.3, -0.25) is 9.59 Å². The molecule has 0 atom stereocenters. The van der Waals surface area contributed by atoms with E-state index < -0.39 is 17.6 Å². The van der Waals surface area contributed by atoms with Gasteiger partial charge in [-0.25, -0.2) is 9.82 Å². The molecule has 146 valence electrons. The molecule has 0 saturated heterocycles. The standard InChI is InChI=1S/C21H14Cl2FN3O2/c22-15-9-8-14(18(23)11-15)12-25-27-20(28)13-4-3-5-16(10-13)26-21(29)17-6-1-2-7-19(17)24/h1-12H,(H,26,29)(H,27,28)/b25-12-. The zero-order valence-electron chi connectivity index (χ0n) is 14.8. The van der Waals surface area contributed by atoms with Crippen LogP contribution in [0.5, 0.6) is 0 Å². The molecule has 5 nitrogen and oxygen atoms in total. The highest BCUT2D eigenvalue weighted by Gasteiger charge is 2.12. The third-order valence-electron chi connectivity index (χ3n) is 3.83. The Morgan fingerprint density at radius 2 is 1.72 bits per heavy atom. The van der Waals surface area contributed by atoms with Crippen LogP contribution in [0.4, 0.5) is 10.1 Å². The first-order valence-electron chi connectivity index (χ1n) is 8.38. The Morgan fingerprint density at radius 1 is 0.931 bits per heavy atom. The van der Waals surface area contributed by atoms with Crippen LogP contribution >= 0.6 is 23.2 Å². The number of carbonyl (C=O) groups excluding carboxylic acids is 2. The third kappa shape index (κ3) is 5.40. The SMILES string of the molecule is O=C(N/N=C\c1ccc(Cl)cc1Cl)c1cccc(NC(=O)c2ccccc2F)c1. The van der Waals surface area contributed by atoms with E-state index in [1.165, 1.54) is 30.5 Å². The van der Waals surface area contributed by atoms with Gasteiger partial charge in [0.2, 0.25) is 0 Å². The van der Waals surface area contributed by atoms with Gasteiger partial charge in [-0.15, -0.1) is 0 Å². The van der Waals surface area contributed by atoms with Crippen molar-refractivity contribution in [2.45, 2.75) is 0 Å². The van der Waals surface area contributed by atoms with E-state index in [1.54, 1.807) is 42.5 Å². The van der Waals surface area contributed by atoms with Crippen molar-refractivity contribution in [3.63, 3.8) is 0 Å². The van der Waals surface area contributed by atoms with E-state index in [0.717, 1.165) is 0 Å². The van der Waals surface area contributed by atoms with Gasteiger partial charge >= 0.3 is 0 Å². The highest BCUT2D eigenvalue weighted by molar-refractivity contribution is 6.36. The molecule has 0 fully saturated rings. The van der Waals surface area contributed by atoms with Crippen LogP contribution in [0.3, 0.4) is 0 Å². The molecule has 0 saturated carbocycles. The minimum Gasteiger partial charge on any atom is -0.322 e. The molecule has 3 rings (SSSR count). The lowest BCUT2D eigenvalue weighted by molar-refractivity contribution is 0.0953. The molecular formula is C21H14Cl2FN3O2. The molecule has 8 heteroatoms. The summed E-state index contributed by atoms with van der Waals surface area (Å²) in [5.41, 5.74) is 3.47. The summed E-state index contributed by atoms with van der Waals surface area (Å²) in [7, 11) is 0. The Hall–Kier alpha value is -3.22. The van der Waals surface area contributed by atoms with Crippen molar-refractivity contribution in [1.29, 1.82) is 0 Å². The summed E-state index contributed by atoms with van der Waals surface area (Å²) in [6.45, 7) is 0. The number of rotatable bonds is 5. The second kappa shape index (κ2) is 9.32. The maximum Gasteiger partial charge on any atom is 0.271 e. The quantitative estimate of drug-likeness (QED) is 0.434. The molecule has 3 aromatic rings. The van der Waals surface area contributed by atoms with E-state index in [0.29, 0.717) is 21.3 Å². The van der Waals surface area contributed by atoms with Crippen LogP contribution in [0.25, 0.3) is 0 Å². The van der Waals surface area contributed by atoms with Gasteiger partial charge in [0.25, 0.3) is 11.8 Å².